The van der Waals surface area contributed by atoms with Crippen molar-refractivity contribution in [2.75, 3.05) is 12.8 Å². The van der Waals surface area contributed by atoms with Crippen molar-refractivity contribution in [3.05, 3.63) is 27.2 Å². The van der Waals surface area contributed by atoms with Gasteiger partial charge in [0, 0.05) is 12.8 Å². The third-order valence-electron chi connectivity index (χ3n) is 2.73. The zero-order chi connectivity index (χ0) is 15.5. The van der Waals surface area contributed by atoms with Crippen LogP contribution >= 0.6 is 7.60 Å². The first kappa shape index (κ1) is 15.6. The van der Waals surface area contributed by atoms with Crippen LogP contribution in [0.15, 0.2) is 15.9 Å². The Bertz CT molecular complexity index is 772. The van der Waals surface area contributed by atoms with Crippen LogP contribution in [0.25, 0.3) is 11.2 Å². The van der Waals surface area contributed by atoms with Crippen LogP contribution in [0, 0.1) is 0 Å². The number of hydrogen-bond donors (Lipinski definition) is 4. The predicted molar refractivity (Wildman–Crippen MR) is 73.1 cm³/mol. The summed E-state index contributed by atoms with van der Waals surface area (Å²) in [6.45, 7) is 0.374. The molecule has 4 N–H and O–H groups in total. The molecule has 0 aliphatic rings. The molecule has 0 aliphatic carbocycles. The first-order chi connectivity index (χ1) is 9.87. The molecule has 0 saturated carbocycles. The van der Waals surface area contributed by atoms with E-state index >= 15 is 0 Å². The largest absolute Gasteiger partial charge is 0.361 e. The molecule has 2 rings (SSSR count). The Morgan fingerprint density at radius 2 is 2.05 bits per heavy atom. The van der Waals surface area contributed by atoms with Crippen LogP contribution in [0.5, 0.6) is 0 Å². The molecule has 0 amide bonds. The third-order valence-corrected chi connectivity index (χ3v) is 3.63. The minimum absolute atomic E-state index is 0.0752. The molecular formula is C10H15N4O6P. The second-order valence-electron chi connectivity index (χ2n) is 4.45. The molecule has 0 bridgehead atoms. The molecule has 0 aromatic carbocycles. The maximum Gasteiger partial charge on any atom is 0.327 e. The number of fused-ring (bicyclic) bond motifs is 1. The van der Waals surface area contributed by atoms with Gasteiger partial charge in [0.25, 0.3) is 5.56 Å². The molecule has 2 aromatic heterocycles. The van der Waals surface area contributed by atoms with Crippen LogP contribution in [-0.4, -0.2) is 42.1 Å². The van der Waals surface area contributed by atoms with E-state index in [1.807, 2.05) is 0 Å². The molecule has 10 nitrogen and oxygen atoms in total. The third kappa shape index (κ3) is 4.36. The van der Waals surface area contributed by atoms with E-state index in [-0.39, 0.29) is 24.1 Å². The lowest BCUT2D eigenvalue weighted by Gasteiger charge is -2.06. The topological polar surface area (TPSA) is 150 Å². The Balaban J connectivity index is 1.89. The maximum atomic E-state index is 11.5. The summed E-state index contributed by atoms with van der Waals surface area (Å²) in [4.78, 5) is 48.4. The highest BCUT2D eigenvalue weighted by molar-refractivity contribution is 7.51. The molecule has 116 valence electrons. The molecule has 2 heterocycles. The van der Waals surface area contributed by atoms with Crippen molar-refractivity contribution in [1.82, 2.24) is 19.5 Å². The van der Waals surface area contributed by atoms with Crippen molar-refractivity contribution in [2.24, 2.45) is 0 Å². The zero-order valence-electron chi connectivity index (χ0n) is 11.0. The Kier molecular flexibility index (Phi) is 4.73. The summed E-state index contributed by atoms with van der Waals surface area (Å²) < 4.78 is 17.4. The first-order valence-corrected chi connectivity index (χ1v) is 7.96. The molecule has 0 aliphatic heterocycles. The Morgan fingerprint density at radius 1 is 1.29 bits per heavy atom. The quantitative estimate of drug-likeness (QED) is 0.391. The van der Waals surface area contributed by atoms with Gasteiger partial charge in [0.05, 0.1) is 6.33 Å². The fraction of sp³-hybridized carbons (Fsp3) is 0.500. The first-order valence-electron chi connectivity index (χ1n) is 6.16. The normalized spacial score (nSPS) is 12.1. The Labute approximate surface area is 118 Å². The summed E-state index contributed by atoms with van der Waals surface area (Å²) in [7, 11) is -3.95. The van der Waals surface area contributed by atoms with E-state index < -0.39 is 18.8 Å². The highest BCUT2D eigenvalue weighted by Gasteiger charge is 2.11. The van der Waals surface area contributed by atoms with E-state index in [1.165, 1.54) is 10.9 Å². The van der Waals surface area contributed by atoms with Gasteiger partial charge in [-0.25, -0.2) is 9.78 Å². The highest BCUT2D eigenvalue weighted by atomic mass is 31.2. The molecule has 0 saturated heterocycles. The summed E-state index contributed by atoms with van der Waals surface area (Å²) in [5.41, 5.74) is -0.830. The summed E-state index contributed by atoms with van der Waals surface area (Å²) in [5.74, 6) is 0. The predicted octanol–water partition coefficient (Wildman–Crippen LogP) is -0.655. The monoisotopic (exact) mass is 318 g/mol. The summed E-state index contributed by atoms with van der Waals surface area (Å²) >= 11 is 0. The van der Waals surface area contributed by atoms with Gasteiger partial charge in [-0.2, -0.15) is 0 Å². The number of hydrogen-bond acceptors (Lipinski definition) is 5. The van der Waals surface area contributed by atoms with Gasteiger partial charge in [-0.1, -0.05) is 0 Å². The van der Waals surface area contributed by atoms with Gasteiger partial charge in [-0.05, 0) is 12.8 Å². The van der Waals surface area contributed by atoms with Crippen LogP contribution in [0.4, 0.5) is 0 Å². The van der Waals surface area contributed by atoms with E-state index in [9.17, 15) is 14.2 Å². The minimum Gasteiger partial charge on any atom is -0.361 e. The van der Waals surface area contributed by atoms with Gasteiger partial charge in [0.15, 0.2) is 5.52 Å². The van der Waals surface area contributed by atoms with Gasteiger partial charge >= 0.3 is 13.3 Å². The molecule has 2 aromatic rings. The van der Waals surface area contributed by atoms with Gasteiger partial charge in [0.1, 0.15) is 12.4 Å². The van der Waals surface area contributed by atoms with Crippen LogP contribution in [-0.2, 0) is 16.0 Å². The molecule has 0 radical (unpaired) electrons. The summed E-state index contributed by atoms with van der Waals surface area (Å²) in [5, 5.41) is 0. The van der Waals surface area contributed by atoms with Crippen LogP contribution in [0.3, 0.4) is 0 Å². The molecule has 0 atom stereocenters. The van der Waals surface area contributed by atoms with Crippen LogP contribution < -0.4 is 11.2 Å². The summed E-state index contributed by atoms with van der Waals surface area (Å²) in [6, 6.07) is 0. The lowest BCUT2D eigenvalue weighted by Crippen LogP contribution is -2.22. The maximum absolute atomic E-state index is 11.5. The number of rotatable bonds is 7. The molecule has 0 fully saturated rings. The lowest BCUT2D eigenvalue weighted by molar-refractivity contribution is 0.0769. The number of aromatic amines is 2. The molecular weight excluding hydrogens is 303 g/mol. The van der Waals surface area contributed by atoms with Crippen molar-refractivity contribution in [3.8, 4) is 0 Å². The highest BCUT2D eigenvalue weighted by Crippen LogP contribution is 2.35. The van der Waals surface area contributed by atoms with E-state index in [0.29, 0.717) is 19.4 Å². The van der Waals surface area contributed by atoms with Gasteiger partial charge < -0.3 is 14.5 Å². The van der Waals surface area contributed by atoms with Crippen LogP contribution in [0.1, 0.15) is 12.8 Å². The fourth-order valence-corrected chi connectivity index (χ4v) is 2.40. The van der Waals surface area contributed by atoms with E-state index in [2.05, 4.69) is 15.0 Å². The molecule has 0 spiro atoms. The van der Waals surface area contributed by atoms with E-state index in [1.54, 1.807) is 0 Å². The fourth-order valence-electron chi connectivity index (χ4n) is 1.76. The van der Waals surface area contributed by atoms with Crippen molar-refractivity contribution in [2.45, 2.75) is 19.6 Å². The lowest BCUT2D eigenvalue weighted by atomic mass is 10.4. The second kappa shape index (κ2) is 6.35. The molecule has 11 heteroatoms. The number of ether oxygens (including phenoxy) is 1. The minimum atomic E-state index is -3.95. The number of imidazole rings is 1. The SMILES string of the molecule is O=c1[nH]c(=O)c2ncn(COCCCCP(=O)(O)O)c2[nH]1. The van der Waals surface area contributed by atoms with Gasteiger partial charge in [0.2, 0.25) is 0 Å². The number of nitrogens with zero attached hydrogens (tertiary/aromatic N) is 2. The van der Waals surface area contributed by atoms with Gasteiger partial charge in [-0.3, -0.25) is 23.9 Å². The second-order valence-corrected chi connectivity index (χ2v) is 6.23. The Hall–Kier alpha value is -1.74. The number of nitrogens with one attached hydrogen (secondary N) is 2. The van der Waals surface area contributed by atoms with E-state index in [4.69, 9.17) is 14.5 Å². The Morgan fingerprint density at radius 3 is 2.76 bits per heavy atom. The smallest absolute Gasteiger partial charge is 0.327 e. The number of aromatic nitrogens is 4. The van der Waals surface area contributed by atoms with E-state index in [0.717, 1.165) is 0 Å². The van der Waals surface area contributed by atoms with Crippen LogP contribution in [0.2, 0.25) is 0 Å². The standard InChI is InChI=1S/C10H15N4O6P/c15-9-7-8(12-10(16)13-9)14(5-11-7)6-20-3-1-2-4-21(17,18)19/h5H,1-4,6H2,(H2,17,18,19)(H2,12,13,15,16). The molecule has 0 unspecified atom stereocenters. The zero-order valence-corrected chi connectivity index (χ0v) is 11.9. The number of H-pyrrole nitrogens is 2. The van der Waals surface area contributed by atoms with Crippen molar-refractivity contribution < 1.29 is 19.1 Å². The average molecular weight is 318 g/mol. The molecule has 21 heavy (non-hydrogen) atoms. The summed E-state index contributed by atoms with van der Waals surface area (Å²) in [6.07, 6.45) is 2.04. The van der Waals surface area contributed by atoms with Crippen molar-refractivity contribution in [3.63, 3.8) is 0 Å². The number of unbranched alkanes of at least 4 members (excludes halogenated alkanes) is 1. The van der Waals surface area contributed by atoms with Crippen molar-refractivity contribution in [1.29, 1.82) is 0 Å². The van der Waals surface area contributed by atoms with Gasteiger partial charge in [-0.15, -0.1) is 0 Å². The van der Waals surface area contributed by atoms with Crippen molar-refractivity contribution >= 4 is 18.8 Å². The average Bonchev–Trinajstić information content (AvgIpc) is 2.75.